The van der Waals surface area contributed by atoms with Gasteiger partial charge in [-0.25, -0.2) is 0 Å². The van der Waals surface area contributed by atoms with E-state index < -0.39 is 11.9 Å². The van der Waals surface area contributed by atoms with Crippen molar-refractivity contribution >= 4 is 17.8 Å². The summed E-state index contributed by atoms with van der Waals surface area (Å²) in [5, 5.41) is 9.15. The zero-order valence-electron chi connectivity index (χ0n) is 13.6. The van der Waals surface area contributed by atoms with Gasteiger partial charge in [-0.3, -0.25) is 14.4 Å². The van der Waals surface area contributed by atoms with E-state index in [-0.39, 0.29) is 30.7 Å². The Morgan fingerprint density at radius 1 is 1.12 bits per heavy atom. The van der Waals surface area contributed by atoms with E-state index in [0.717, 1.165) is 5.56 Å². The zero-order valence-corrected chi connectivity index (χ0v) is 13.6. The molecular formula is C18H22N2O4. The van der Waals surface area contributed by atoms with E-state index in [2.05, 4.69) is 0 Å². The van der Waals surface area contributed by atoms with Crippen LogP contribution in [0, 0.1) is 11.8 Å². The summed E-state index contributed by atoms with van der Waals surface area (Å²) < 4.78 is 0. The predicted octanol–water partition coefficient (Wildman–Crippen LogP) is 1.36. The first-order valence-electron chi connectivity index (χ1n) is 8.38. The number of hydrogen-bond acceptors (Lipinski definition) is 3. The zero-order chi connectivity index (χ0) is 17.1. The molecule has 0 spiro atoms. The van der Waals surface area contributed by atoms with Crippen LogP contribution < -0.4 is 0 Å². The third-order valence-corrected chi connectivity index (χ3v) is 4.86. The second kappa shape index (κ2) is 7.03. The Morgan fingerprint density at radius 2 is 1.88 bits per heavy atom. The van der Waals surface area contributed by atoms with Gasteiger partial charge < -0.3 is 14.9 Å². The van der Waals surface area contributed by atoms with Crippen molar-refractivity contribution in [3.05, 3.63) is 35.9 Å². The summed E-state index contributed by atoms with van der Waals surface area (Å²) in [7, 11) is 0. The van der Waals surface area contributed by atoms with Gasteiger partial charge in [0, 0.05) is 32.6 Å². The molecule has 2 aliphatic heterocycles. The highest BCUT2D eigenvalue weighted by Crippen LogP contribution is 2.25. The van der Waals surface area contributed by atoms with Gasteiger partial charge in [0.15, 0.2) is 0 Å². The Labute approximate surface area is 141 Å². The Bertz CT molecular complexity index is 631. The number of carbonyl (C=O) groups is 3. The molecule has 24 heavy (non-hydrogen) atoms. The number of rotatable bonds is 4. The highest BCUT2D eigenvalue weighted by molar-refractivity contribution is 5.89. The summed E-state index contributed by atoms with van der Waals surface area (Å²) in [5.74, 6) is -1.77. The molecule has 1 aromatic rings. The van der Waals surface area contributed by atoms with E-state index in [0.29, 0.717) is 32.5 Å². The van der Waals surface area contributed by atoms with Gasteiger partial charge in [-0.2, -0.15) is 0 Å². The second-order valence-corrected chi connectivity index (χ2v) is 6.62. The molecule has 0 radical (unpaired) electrons. The van der Waals surface area contributed by atoms with Crippen molar-refractivity contribution in [2.75, 3.05) is 19.6 Å². The lowest BCUT2D eigenvalue weighted by atomic mass is 9.96. The summed E-state index contributed by atoms with van der Waals surface area (Å²) in [6.07, 6.45) is 1.54. The number of amides is 2. The molecule has 0 saturated carbocycles. The van der Waals surface area contributed by atoms with Crippen LogP contribution in [0.3, 0.4) is 0 Å². The van der Waals surface area contributed by atoms with Crippen LogP contribution in [0.15, 0.2) is 30.3 Å². The summed E-state index contributed by atoms with van der Waals surface area (Å²) >= 11 is 0. The molecule has 2 atom stereocenters. The van der Waals surface area contributed by atoms with Crippen LogP contribution in [-0.4, -0.2) is 52.3 Å². The van der Waals surface area contributed by atoms with Gasteiger partial charge in [0.05, 0.1) is 11.8 Å². The van der Waals surface area contributed by atoms with Gasteiger partial charge in [0.1, 0.15) is 0 Å². The summed E-state index contributed by atoms with van der Waals surface area (Å²) in [6.45, 7) is 1.78. The van der Waals surface area contributed by atoms with Crippen molar-refractivity contribution in [1.29, 1.82) is 0 Å². The van der Waals surface area contributed by atoms with Crippen LogP contribution in [0.2, 0.25) is 0 Å². The normalized spacial score (nSPS) is 24.2. The number of aliphatic carboxylic acids is 1. The quantitative estimate of drug-likeness (QED) is 0.904. The number of benzene rings is 1. The maximum atomic E-state index is 12.7. The number of carboxylic acids is 1. The van der Waals surface area contributed by atoms with E-state index in [1.54, 1.807) is 9.80 Å². The molecule has 0 bridgehead atoms. The van der Waals surface area contributed by atoms with E-state index in [1.165, 1.54) is 0 Å². The molecule has 2 amide bonds. The van der Waals surface area contributed by atoms with Crippen LogP contribution in [0.25, 0.3) is 0 Å². The average molecular weight is 330 g/mol. The summed E-state index contributed by atoms with van der Waals surface area (Å²) in [4.78, 5) is 39.4. The number of nitrogens with zero attached hydrogens (tertiary/aromatic N) is 2. The topological polar surface area (TPSA) is 77.9 Å². The van der Waals surface area contributed by atoms with E-state index in [9.17, 15) is 14.4 Å². The molecule has 6 nitrogen and oxygen atoms in total. The minimum Gasteiger partial charge on any atom is -0.481 e. The lowest BCUT2D eigenvalue weighted by Crippen LogP contribution is -2.45. The first kappa shape index (κ1) is 16.5. The van der Waals surface area contributed by atoms with Gasteiger partial charge in [-0.05, 0) is 18.4 Å². The van der Waals surface area contributed by atoms with Crippen molar-refractivity contribution in [2.24, 2.45) is 11.8 Å². The van der Waals surface area contributed by atoms with Crippen molar-refractivity contribution in [3.63, 3.8) is 0 Å². The standard InChI is InChI=1S/C18H22N2O4/c21-16-9-15(12-20(16)10-13-5-2-1-3-6-13)17(22)19-8-4-7-14(11-19)18(23)24/h1-3,5-6,14-15H,4,7-12H2,(H,23,24)/t14-,15?/m0/s1. The minimum absolute atomic E-state index is 0.0102. The lowest BCUT2D eigenvalue weighted by molar-refractivity contribution is -0.146. The molecule has 128 valence electrons. The number of carbonyl (C=O) groups excluding carboxylic acids is 2. The molecule has 2 aliphatic rings. The first-order valence-corrected chi connectivity index (χ1v) is 8.38. The van der Waals surface area contributed by atoms with Gasteiger partial charge in [0.2, 0.25) is 11.8 Å². The number of carboxylic acid groups (broad SMARTS) is 1. The molecule has 1 N–H and O–H groups in total. The fourth-order valence-corrected chi connectivity index (χ4v) is 3.53. The molecule has 6 heteroatoms. The fourth-order valence-electron chi connectivity index (χ4n) is 3.53. The third-order valence-electron chi connectivity index (χ3n) is 4.86. The van der Waals surface area contributed by atoms with Crippen LogP contribution in [0.4, 0.5) is 0 Å². The molecule has 1 aromatic carbocycles. The molecule has 2 heterocycles. The monoisotopic (exact) mass is 330 g/mol. The van der Waals surface area contributed by atoms with Gasteiger partial charge in [0.25, 0.3) is 0 Å². The highest BCUT2D eigenvalue weighted by Gasteiger charge is 2.38. The predicted molar refractivity (Wildman–Crippen MR) is 86.9 cm³/mol. The van der Waals surface area contributed by atoms with E-state index in [4.69, 9.17) is 5.11 Å². The molecule has 0 aromatic heterocycles. The number of piperidine rings is 1. The number of likely N-dealkylation sites (tertiary alicyclic amines) is 2. The highest BCUT2D eigenvalue weighted by atomic mass is 16.4. The summed E-state index contributed by atoms with van der Waals surface area (Å²) in [6, 6.07) is 9.71. The van der Waals surface area contributed by atoms with Crippen LogP contribution >= 0.6 is 0 Å². The Kier molecular flexibility index (Phi) is 4.83. The van der Waals surface area contributed by atoms with Crippen molar-refractivity contribution in [2.45, 2.75) is 25.8 Å². The Morgan fingerprint density at radius 3 is 2.58 bits per heavy atom. The Balaban J connectivity index is 1.60. The van der Waals surface area contributed by atoms with E-state index in [1.807, 2.05) is 30.3 Å². The Hall–Kier alpha value is -2.37. The van der Waals surface area contributed by atoms with Gasteiger partial charge in [-0.1, -0.05) is 30.3 Å². The SMILES string of the molecule is O=C(O)[C@H]1CCCN(C(=O)C2CC(=O)N(Cc3ccccc3)C2)C1. The maximum Gasteiger partial charge on any atom is 0.308 e. The number of hydrogen-bond donors (Lipinski definition) is 1. The van der Waals surface area contributed by atoms with Crippen molar-refractivity contribution in [3.8, 4) is 0 Å². The minimum atomic E-state index is -0.847. The molecular weight excluding hydrogens is 308 g/mol. The molecule has 0 aliphatic carbocycles. The van der Waals surface area contributed by atoms with Crippen molar-refractivity contribution in [1.82, 2.24) is 9.80 Å². The molecule has 2 saturated heterocycles. The van der Waals surface area contributed by atoms with Crippen LogP contribution in [0.5, 0.6) is 0 Å². The average Bonchev–Trinajstić information content (AvgIpc) is 2.96. The van der Waals surface area contributed by atoms with E-state index >= 15 is 0 Å². The van der Waals surface area contributed by atoms with Gasteiger partial charge in [-0.15, -0.1) is 0 Å². The van der Waals surface area contributed by atoms with Crippen LogP contribution in [0.1, 0.15) is 24.8 Å². The summed E-state index contributed by atoms with van der Waals surface area (Å²) in [5.41, 5.74) is 1.04. The fraction of sp³-hybridized carbons (Fsp3) is 0.500. The van der Waals surface area contributed by atoms with Crippen LogP contribution in [-0.2, 0) is 20.9 Å². The lowest BCUT2D eigenvalue weighted by Gasteiger charge is -2.32. The molecule has 3 rings (SSSR count). The maximum absolute atomic E-state index is 12.7. The van der Waals surface area contributed by atoms with Gasteiger partial charge >= 0.3 is 5.97 Å². The van der Waals surface area contributed by atoms with Crippen molar-refractivity contribution < 1.29 is 19.5 Å². The second-order valence-electron chi connectivity index (χ2n) is 6.62. The largest absolute Gasteiger partial charge is 0.481 e. The smallest absolute Gasteiger partial charge is 0.308 e. The molecule has 2 fully saturated rings. The first-order chi connectivity index (χ1) is 11.5. The third kappa shape index (κ3) is 3.58. The molecule has 1 unspecified atom stereocenters.